The summed E-state index contributed by atoms with van der Waals surface area (Å²) in [5.74, 6) is 0.450. The molecule has 1 unspecified atom stereocenters. The molecule has 3 heteroatoms. The van der Waals surface area contributed by atoms with Crippen LogP contribution < -0.4 is 5.73 Å². The van der Waals surface area contributed by atoms with Crippen LogP contribution in [-0.4, -0.2) is 9.78 Å². The van der Waals surface area contributed by atoms with Crippen molar-refractivity contribution in [3.05, 3.63) is 48.3 Å². The summed E-state index contributed by atoms with van der Waals surface area (Å²) in [6.45, 7) is 3.05. The van der Waals surface area contributed by atoms with Crippen LogP contribution in [0.2, 0.25) is 0 Å². The first-order valence-electron chi connectivity index (χ1n) is 5.08. The van der Waals surface area contributed by atoms with E-state index in [1.807, 2.05) is 16.9 Å². The lowest BCUT2D eigenvalue weighted by molar-refractivity contribution is 0.543. The highest BCUT2D eigenvalue weighted by atomic mass is 15.3. The van der Waals surface area contributed by atoms with E-state index >= 15 is 0 Å². The van der Waals surface area contributed by atoms with Crippen LogP contribution in [0.3, 0.4) is 0 Å². The summed E-state index contributed by atoms with van der Waals surface area (Å²) in [4.78, 5) is 0. The predicted octanol–water partition coefficient (Wildman–Crippen LogP) is 2.27. The normalized spacial score (nSPS) is 12.6. The number of nitrogens with two attached hydrogens (primary N) is 1. The van der Waals surface area contributed by atoms with Gasteiger partial charge in [0.05, 0.1) is 11.9 Å². The molecule has 3 nitrogen and oxygen atoms in total. The van der Waals surface area contributed by atoms with Gasteiger partial charge in [-0.1, -0.05) is 37.3 Å². The largest absolute Gasteiger partial charge is 0.396 e. The van der Waals surface area contributed by atoms with Gasteiger partial charge in [-0.3, -0.25) is 4.68 Å². The maximum Gasteiger partial charge on any atom is 0.0719 e. The zero-order chi connectivity index (χ0) is 10.7. The molecule has 0 aliphatic rings. The Hall–Kier alpha value is -1.77. The van der Waals surface area contributed by atoms with Crippen LogP contribution in [0.4, 0.5) is 5.69 Å². The molecule has 1 heterocycles. The van der Waals surface area contributed by atoms with Gasteiger partial charge in [0.15, 0.2) is 0 Å². The fourth-order valence-corrected chi connectivity index (χ4v) is 1.65. The zero-order valence-electron chi connectivity index (χ0n) is 8.80. The zero-order valence-corrected chi connectivity index (χ0v) is 8.80. The Morgan fingerprint density at radius 2 is 2.07 bits per heavy atom. The van der Waals surface area contributed by atoms with Crippen LogP contribution in [0.5, 0.6) is 0 Å². The highest BCUT2D eigenvalue weighted by Gasteiger charge is 2.06. The van der Waals surface area contributed by atoms with Crippen molar-refractivity contribution in [3.8, 4) is 0 Å². The number of rotatable bonds is 3. The van der Waals surface area contributed by atoms with Gasteiger partial charge >= 0.3 is 0 Å². The Bertz CT molecular complexity index is 419. The minimum absolute atomic E-state index is 0.450. The van der Waals surface area contributed by atoms with Gasteiger partial charge in [-0.25, -0.2) is 0 Å². The minimum atomic E-state index is 0.450. The lowest BCUT2D eigenvalue weighted by atomic mass is 10.0. The Balaban J connectivity index is 2.07. The third-order valence-electron chi connectivity index (χ3n) is 2.48. The quantitative estimate of drug-likeness (QED) is 0.827. The van der Waals surface area contributed by atoms with E-state index in [1.165, 1.54) is 5.56 Å². The molecule has 2 N–H and O–H groups in total. The van der Waals surface area contributed by atoms with E-state index in [9.17, 15) is 0 Å². The van der Waals surface area contributed by atoms with Gasteiger partial charge in [0.1, 0.15) is 0 Å². The van der Waals surface area contributed by atoms with Crippen molar-refractivity contribution in [2.24, 2.45) is 0 Å². The van der Waals surface area contributed by atoms with Gasteiger partial charge in [-0.15, -0.1) is 0 Å². The van der Waals surface area contributed by atoms with Crippen LogP contribution in [0.1, 0.15) is 18.4 Å². The molecule has 78 valence electrons. The van der Waals surface area contributed by atoms with Crippen LogP contribution in [-0.2, 0) is 6.54 Å². The second-order valence-corrected chi connectivity index (χ2v) is 3.81. The molecule has 0 saturated heterocycles. The summed E-state index contributed by atoms with van der Waals surface area (Å²) in [7, 11) is 0. The number of hydrogen-bond donors (Lipinski definition) is 1. The van der Waals surface area contributed by atoms with Gasteiger partial charge < -0.3 is 5.73 Å². The number of nitrogens with zero attached hydrogens (tertiary/aromatic N) is 2. The van der Waals surface area contributed by atoms with Gasteiger partial charge in [0, 0.05) is 18.7 Å². The molecular weight excluding hydrogens is 186 g/mol. The van der Waals surface area contributed by atoms with Crippen LogP contribution in [0.15, 0.2) is 42.7 Å². The van der Waals surface area contributed by atoms with E-state index in [1.54, 1.807) is 6.20 Å². The summed E-state index contributed by atoms with van der Waals surface area (Å²) < 4.78 is 1.88. The molecule has 1 aromatic carbocycles. The maximum atomic E-state index is 5.61. The molecule has 2 aromatic rings. The third-order valence-corrected chi connectivity index (χ3v) is 2.48. The lowest BCUT2D eigenvalue weighted by Crippen LogP contribution is -2.06. The number of nitrogen functional groups attached to an aromatic ring is 1. The van der Waals surface area contributed by atoms with Crippen molar-refractivity contribution in [1.82, 2.24) is 9.78 Å². The molecule has 0 radical (unpaired) electrons. The van der Waals surface area contributed by atoms with Gasteiger partial charge in [0.2, 0.25) is 0 Å². The second kappa shape index (κ2) is 4.17. The monoisotopic (exact) mass is 201 g/mol. The fraction of sp³-hybridized carbons (Fsp3) is 0.250. The van der Waals surface area contributed by atoms with Gasteiger partial charge in [-0.05, 0) is 5.56 Å². The maximum absolute atomic E-state index is 5.61. The first-order chi connectivity index (χ1) is 7.25. The number of aromatic nitrogens is 2. The summed E-state index contributed by atoms with van der Waals surface area (Å²) in [5.41, 5.74) is 7.65. The van der Waals surface area contributed by atoms with Crippen molar-refractivity contribution < 1.29 is 0 Å². The van der Waals surface area contributed by atoms with E-state index in [-0.39, 0.29) is 0 Å². The van der Waals surface area contributed by atoms with Gasteiger partial charge in [-0.2, -0.15) is 5.10 Å². The Morgan fingerprint density at radius 3 is 2.67 bits per heavy atom. The highest BCUT2D eigenvalue weighted by Crippen LogP contribution is 2.16. The third kappa shape index (κ3) is 2.37. The van der Waals surface area contributed by atoms with Gasteiger partial charge in [0.25, 0.3) is 0 Å². The van der Waals surface area contributed by atoms with Crippen LogP contribution >= 0.6 is 0 Å². The highest BCUT2D eigenvalue weighted by molar-refractivity contribution is 5.30. The Kier molecular flexibility index (Phi) is 2.72. The molecule has 0 fully saturated rings. The van der Waals surface area contributed by atoms with Crippen molar-refractivity contribution in [1.29, 1.82) is 0 Å². The van der Waals surface area contributed by atoms with Crippen LogP contribution in [0, 0.1) is 0 Å². The molecule has 0 aliphatic heterocycles. The van der Waals surface area contributed by atoms with Crippen molar-refractivity contribution >= 4 is 5.69 Å². The first kappa shape index (κ1) is 9.77. The Morgan fingerprint density at radius 1 is 1.33 bits per heavy atom. The second-order valence-electron chi connectivity index (χ2n) is 3.81. The van der Waals surface area contributed by atoms with E-state index in [2.05, 4.69) is 36.3 Å². The molecular formula is C12H15N3. The first-order valence-corrected chi connectivity index (χ1v) is 5.08. The van der Waals surface area contributed by atoms with E-state index in [0.717, 1.165) is 12.2 Å². The lowest BCUT2D eigenvalue weighted by Gasteiger charge is -2.11. The smallest absolute Gasteiger partial charge is 0.0719 e. The minimum Gasteiger partial charge on any atom is -0.396 e. The molecule has 0 bridgehead atoms. The summed E-state index contributed by atoms with van der Waals surface area (Å²) in [6, 6.07) is 10.4. The summed E-state index contributed by atoms with van der Waals surface area (Å²) in [5, 5.41) is 4.17. The summed E-state index contributed by atoms with van der Waals surface area (Å²) in [6.07, 6.45) is 3.54. The Labute approximate surface area is 89.5 Å². The van der Waals surface area contributed by atoms with Crippen molar-refractivity contribution in [3.63, 3.8) is 0 Å². The molecule has 2 rings (SSSR count). The molecule has 0 amide bonds. The molecule has 1 atom stereocenters. The average Bonchev–Trinajstić information content (AvgIpc) is 2.65. The van der Waals surface area contributed by atoms with E-state index in [4.69, 9.17) is 5.73 Å². The number of hydrogen-bond acceptors (Lipinski definition) is 2. The van der Waals surface area contributed by atoms with Crippen LogP contribution in [0.25, 0.3) is 0 Å². The number of anilines is 1. The SMILES string of the molecule is CC(Cn1cc(N)cn1)c1ccccc1. The molecule has 0 saturated carbocycles. The average molecular weight is 201 g/mol. The topological polar surface area (TPSA) is 43.8 Å². The molecule has 1 aromatic heterocycles. The molecule has 0 spiro atoms. The molecule has 15 heavy (non-hydrogen) atoms. The summed E-state index contributed by atoms with van der Waals surface area (Å²) >= 11 is 0. The fourth-order valence-electron chi connectivity index (χ4n) is 1.65. The van der Waals surface area contributed by atoms with E-state index < -0.39 is 0 Å². The van der Waals surface area contributed by atoms with E-state index in [0.29, 0.717) is 5.92 Å². The van der Waals surface area contributed by atoms with Crippen molar-refractivity contribution in [2.45, 2.75) is 19.4 Å². The van der Waals surface area contributed by atoms with Crippen molar-refractivity contribution in [2.75, 3.05) is 5.73 Å². The molecule has 0 aliphatic carbocycles. The predicted molar refractivity (Wildman–Crippen MR) is 61.5 cm³/mol. The number of benzene rings is 1. The standard InChI is InChI=1S/C12H15N3/c1-10(11-5-3-2-4-6-11)8-15-9-12(13)7-14-15/h2-7,9-10H,8,13H2,1H3.